The van der Waals surface area contributed by atoms with Crippen LogP contribution in [0.25, 0.3) is 5.69 Å². The van der Waals surface area contributed by atoms with Crippen LogP contribution in [0, 0.1) is 19.7 Å². The summed E-state index contributed by atoms with van der Waals surface area (Å²) in [4.78, 5) is 20.4. The summed E-state index contributed by atoms with van der Waals surface area (Å²) in [6.07, 6.45) is -3.58. The number of benzene rings is 1. The first-order valence-electron chi connectivity index (χ1n) is 10.6. The monoisotopic (exact) mass is 495 g/mol. The molecule has 1 amide bonds. The molecule has 0 atom stereocenters. The topological polar surface area (TPSA) is 54.3 Å². The molecule has 1 saturated heterocycles. The second kappa shape index (κ2) is 9.25. The Hall–Kier alpha value is -3.14. The molecule has 0 N–H and O–H groups in total. The molecule has 180 valence electrons. The van der Waals surface area contributed by atoms with E-state index in [2.05, 4.69) is 10.1 Å². The minimum Gasteiger partial charge on any atom is -0.352 e. The van der Waals surface area contributed by atoms with E-state index >= 15 is 0 Å². The van der Waals surface area contributed by atoms with Crippen molar-refractivity contribution in [2.45, 2.75) is 26.4 Å². The number of nitrogens with zero attached hydrogens (tertiary/aromatic N) is 5. The van der Waals surface area contributed by atoms with Gasteiger partial charge in [0.05, 0.1) is 28.4 Å². The second-order valence-corrected chi connectivity index (χ2v) is 8.52. The van der Waals surface area contributed by atoms with Crippen LogP contribution in [0.2, 0.25) is 5.02 Å². The first kappa shape index (κ1) is 24.0. The molecule has 4 rings (SSSR count). The third-order valence-electron chi connectivity index (χ3n) is 5.92. The maximum absolute atomic E-state index is 13.2. The first-order chi connectivity index (χ1) is 16.0. The molecule has 1 fully saturated rings. The van der Waals surface area contributed by atoms with Gasteiger partial charge in [0.25, 0.3) is 0 Å². The van der Waals surface area contributed by atoms with E-state index in [-0.39, 0.29) is 29.0 Å². The molecule has 1 aromatic carbocycles. The number of piperazine rings is 1. The van der Waals surface area contributed by atoms with Crippen molar-refractivity contribution >= 4 is 23.3 Å². The molecule has 34 heavy (non-hydrogen) atoms. The Labute approximate surface area is 198 Å². The summed E-state index contributed by atoms with van der Waals surface area (Å²) in [5.41, 5.74) is 2.13. The summed E-state index contributed by atoms with van der Waals surface area (Å²) in [7, 11) is 0. The van der Waals surface area contributed by atoms with Crippen molar-refractivity contribution in [3.63, 3.8) is 0 Å². The van der Waals surface area contributed by atoms with Crippen molar-refractivity contribution in [3.8, 4) is 5.69 Å². The lowest BCUT2D eigenvalue weighted by Crippen LogP contribution is -2.49. The minimum absolute atomic E-state index is 0.0732. The Morgan fingerprint density at radius 3 is 2.32 bits per heavy atom. The van der Waals surface area contributed by atoms with E-state index in [1.807, 2.05) is 13.8 Å². The van der Waals surface area contributed by atoms with E-state index < -0.39 is 11.7 Å². The van der Waals surface area contributed by atoms with Crippen molar-refractivity contribution in [2.75, 3.05) is 31.1 Å². The third kappa shape index (κ3) is 4.86. The number of amides is 1. The highest BCUT2D eigenvalue weighted by Crippen LogP contribution is 2.33. The van der Waals surface area contributed by atoms with Crippen LogP contribution >= 0.6 is 11.6 Å². The molecule has 1 aliphatic rings. The van der Waals surface area contributed by atoms with Crippen molar-refractivity contribution in [1.82, 2.24) is 19.7 Å². The molecule has 6 nitrogen and oxygen atoms in total. The number of hydrogen-bond donors (Lipinski definition) is 0. The molecule has 0 spiro atoms. The Morgan fingerprint density at radius 2 is 1.74 bits per heavy atom. The van der Waals surface area contributed by atoms with E-state index in [0.717, 1.165) is 29.2 Å². The standard InChI is InChI=1S/C23H22ClF4N5O/c1-14-19(15(2)33(30-14)18-5-3-17(25)4-6-18)12-21(34)31-7-9-32(10-8-31)22-20(24)11-16(13-29-22)23(26,27)28/h3-6,11,13H,7-10,12H2,1-2H3. The van der Waals surface area contributed by atoms with Crippen LogP contribution in [-0.2, 0) is 17.4 Å². The number of hydrogen-bond acceptors (Lipinski definition) is 4. The first-order valence-corrected chi connectivity index (χ1v) is 11.0. The summed E-state index contributed by atoms with van der Waals surface area (Å²) in [6.45, 7) is 5.27. The smallest absolute Gasteiger partial charge is 0.352 e. The lowest BCUT2D eigenvalue weighted by atomic mass is 10.1. The number of carbonyl (C=O) groups excluding carboxylic acids is 1. The molecule has 2 aromatic heterocycles. The van der Waals surface area contributed by atoms with Crippen molar-refractivity contribution in [1.29, 1.82) is 0 Å². The molecular weight excluding hydrogens is 474 g/mol. The van der Waals surface area contributed by atoms with Crippen LogP contribution in [0.5, 0.6) is 0 Å². The van der Waals surface area contributed by atoms with Crippen LogP contribution in [0.1, 0.15) is 22.5 Å². The van der Waals surface area contributed by atoms with Crippen molar-refractivity contribution < 1.29 is 22.4 Å². The van der Waals surface area contributed by atoms with Crippen LogP contribution in [0.15, 0.2) is 36.5 Å². The van der Waals surface area contributed by atoms with Gasteiger partial charge in [-0.2, -0.15) is 18.3 Å². The van der Waals surface area contributed by atoms with Gasteiger partial charge < -0.3 is 9.80 Å². The SMILES string of the molecule is Cc1nn(-c2ccc(F)cc2)c(C)c1CC(=O)N1CCN(c2ncc(C(F)(F)F)cc2Cl)CC1. The predicted molar refractivity (Wildman–Crippen MR) is 120 cm³/mol. The highest BCUT2D eigenvalue weighted by Gasteiger charge is 2.32. The normalized spacial score (nSPS) is 14.6. The van der Waals surface area contributed by atoms with E-state index in [0.29, 0.717) is 31.9 Å². The zero-order chi connectivity index (χ0) is 24.6. The molecule has 0 bridgehead atoms. The molecule has 0 aliphatic carbocycles. The largest absolute Gasteiger partial charge is 0.417 e. The van der Waals surface area contributed by atoms with Gasteiger partial charge in [-0.15, -0.1) is 0 Å². The molecule has 11 heteroatoms. The number of carbonyl (C=O) groups is 1. The van der Waals surface area contributed by atoms with Gasteiger partial charge in [0.15, 0.2) is 0 Å². The van der Waals surface area contributed by atoms with E-state index in [9.17, 15) is 22.4 Å². The van der Waals surface area contributed by atoms with Crippen LogP contribution in [0.4, 0.5) is 23.4 Å². The van der Waals surface area contributed by atoms with Crippen LogP contribution in [-0.4, -0.2) is 51.8 Å². The van der Waals surface area contributed by atoms with Gasteiger partial charge in [-0.1, -0.05) is 11.6 Å². The van der Waals surface area contributed by atoms with Crippen LogP contribution < -0.4 is 4.90 Å². The number of rotatable bonds is 4. The van der Waals surface area contributed by atoms with Gasteiger partial charge >= 0.3 is 6.18 Å². The summed E-state index contributed by atoms with van der Waals surface area (Å²) in [5.74, 6) is -0.141. The van der Waals surface area contributed by atoms with Gasteiger partial charge in [-0.25, -0.2) is 14.1 Å². The molecular formula is C23H22ClF4N5O. The van der Waals surface area contributed by atoms with Gasteiger partial charge in [-0.05, 0) is 44.2 Å². The highest BCUT2D eigenvalue weighted by molar-refractivity contribution is 6.33. The zero-order valence-corrected chi connectivity index (χ0v) is 19.3. The van der Waals surface area contributed by atoms with Gasteiger partial charge in [-0.3, -0.25) is 4.79 Å². The Kier molecular flexibility index (Phi) is 6.53. The Balaban J connectivity index is 1.41. The number of aryl methyl sites for hydroxylation is 1. The lowest BCUT2D eigenvalue weighted by molar-refractivity contribution is -0.137. The molecule has 3 heterocycles. The Bertz CT molecular complexity index is 1200. The highest BCUT2D eigenvalue weighted by atomic mass is 35.5. The summed E-state index contributed by atoms with van der Waals surface area (Å²) >= 11 is 6.06. The van der Waals surface area contributed by atoms with Crippen molar-refractivity contribution in [3.05, 3.63) is 69.9 Å². The number of pyridine rings is 1. The van der Waals surface area contributed by atoms with Gasteiger partial charge in [0, 0.05) is 43.6 Å². The molecule has 0 radical (unpaired) electrons. The average molecular weight is 496 g/mol. The molecule has 3 aromatic rings. The molecule has 1 aliphatic heterocycles. The second-order valence-electron chi connectivity index (χ2n) is 8.11. The summed E-state index contributed by atoms with van der Waals surface area (Å²) in [5, 5.41) is 4.43. The molecule has 0 saturated carbocycles. The lowest BCUT2D eigenvalue weighted by Gasteiger charge is -2.36. The fraction of sp³-hybridized carbons (Fsp3) is 0.348. The molecule has 0 unspecified atom stereocenters. The van der Waals surface area contributed by atoms with E-state index in [4.69, 9.17) is 11.6 Å². The maximum atomic E-state index is 13.2. The number of anilines is 1. The minimum atomic E-state index is -4.51. The van der Waals surface area contributed by atoms with Crippen molar-refractivity contribution in [2.24, 2.45) is 0 Å². The predicted octanol–water partition coefficient (Wildman–Crippen LogP) is 4.59. The maximum Gasteiger partial charge on any atom is 0.417 e. The van der Waals surface area contributed by atoms with E-state index in [1.165, 1.54) is 12.1 Å². The fourth-order valence-corrected chi connectivity index (χ4v) is 4.30. The number of alkyl halides is 3. The van der Waals surface area contributed by atoms with Gasteiger partial charge in [0.2, 0.25) is 5.91 Å². The summed E-state index contributed by atoms with van der Waals surface area (Å²) < 4.78 is 53.5. The van der Waals surface area contributed by atoms with Gasteiger partial charge in [0.1, 0.15) is 11.6 Å². The van der Waals surface area contributed by atoms with Crippen LogP contribution in [0.3, 0.4) is 0 Å². The zero-order valence-electron chi connectivity index (χ0n) is 18.5. The Morgan fingerprint density at radius 1 is 1.09 bits per heavy atom. The quantitative estimate of drug-likeness (QED) is 0.497. The summed E-state index contributed by atoms with van der Waals surface area (Å²) in [6, 6.07) is 6.83. The van der Waals surface area contributed by atoms with E-state index in [1.54, 1.807) is 26.6 Å². The third-order valence-corrected chi connectivity index (χ3v) is 6.20. The average Bonchev–Trinajstić information content (AvgIpc) is 3.07. The fourth-order valence-electron chi connectivity index (χ4n) is 4.01. The number of aromatic nitrogens is 3. The number of halogens is 5.